The normalized spacial score (nSPS) is 11.6. The quantitative estimate of drug-likeness (QED) is 0.371. The molecule has 0 fully saturated rings. The summed E-state index contributed by atoms with van der Waals surface area (Å²) in [4.78, 5) is 40.7. The van der Waals surface area contributed by atoms with Gasteiger partial charge in [0, 0.05) is 22.7 Å². The molecule has 0 aliphatic heterocycles. The minimum absolute atomic E-state index is 0.109. The molecule has 0 saturated carbocycles. The first kappa shape index (κ1) is 23.2. The number of hydrogen-bond donors (Lipinski definition) is 4. The number of aromatic amines is 1. The summed E-state index contributed by atoms with van der Waals surface area (Å²) in [5.74, 6) is 0.0983. The van der Waals surface area contributed by atoms with Crippen molar-refractivity contribution in [2.75, 3.05) is 19.1 Å². The molecule has 1 aromatic heterocycles. The number of hydrazine groups is 1. The summed E-state index contributed by atoms with van der Waals surface area (Å²) in [5.41, 5.74) is 7.07. The predicted molar refractivity (Wildman–Crippen MR) is 126 cm³/mol. The van der Waals surface area contributed by atoms with E-state index in [1.807, 2.05) is 30.5 Å². The van der Waals surface area contributed by atoms with Crippen molar-refractivity contribution in [1.82, 2.24) is 21.2 Å². The van der Waals surface area contributed by atoms with Gasteiger partial charge in [0.05, 0.1) is 13.5 Å². The lowest BCUT2D eigenvalue weighted by molar-refractivity contribution is -0.129. The monoisotopic (exact) mass is 454 g/mol. The Hall–Kier alpha value is -3.46. The summed E-state index contributed by atoms with van der Waals surface area (Å²) in [7, 11) is 1.55. The number of thioether (sulfide) groups is 1. The molecule has 3 amide bonds. The number of hydrogen-bond acceptors (Lipinski definition) is 5. The van der Waals surface area contributed by atoms with E-state index in [9.17, 15) is 14.4 Å². The molecule has 3 aromatic rings. The Balaban J connectivity index is 1.57. The molecule has 9 heteroatoms. The van der Waals surface area contributed by atoms with Crippen molar-refractivity contribution in [3.63, 3.8) is 0 Å². The molecule has 0 bridgehead atoms. The number of methoxy groups -OCH3 is 1. The number of benzene rings is 2. The van der Waals surface area contributed by atoms with E-state index in [1.165, 1.54) is 0 Å². The van der Waals surface area contributed by atoms with Gasteiger partial charge in [-0.2, -0.15) is 11.8 Å². The Bertz CT molecular complexity index is 1080. The fraction of sp³-hybridized carbons (Fsp3) is 0.261. The van der Waals surface area contributed by atoms with E-state index in [1.54, 1.807) is 49.3 Å². The highest BCUT2D eigenvalue weighted by atomic mass is 32.2. The van der Waals surface area contributed by atoms with Crippen LogP contribution in [0.2, 0.25) is 0 Å². The molecule has 0 spiro atoms. The van der Waals surface area contributed by atoms with E-state index < -0.39 is 11.9 Å². The molecule has 3 rings (SSSR count). The Morgan fingerprint density at radius 3 is 2.53 bits per heavy atom. The van der Waals surface area contributed by atoms with Gasteiger partial charge >= 0.3 is 0 Å². The van der Waals surface area contributed by atoms with Gasteiger partial charge in [-0.3, -0.25) is 25.2 Å². The summed E-state index contributed by atoms with van der Waals surface area (Å²) < 4.78 is 5.10. The summed E-state index contributed by atoms with van der Waals surface area (Å²) in [6.45, 7) is 0. The van der Waals surface area contributed by atoms with Crippen LogP contribution < -0.4 is 20.9 Å². The van der Waals surface area contributed by atoms with Crippen LogP contribution in [-0.4, -0.2) is 47.9 Å². The minimum atomic E-state index is -0.787. The maximum Gasteiger partial charge on any atom is 0.260 e. The number of fused-ring (bicyclic) bond motifs is 1. The third-order valence-electron chi connectivity index (χ3n) is 4.94. The Morgan fingerprint density at radius 2 is 1.81 bits per heavy atom. The van der Waals surface area contributed by atoms with Crippen LogP contribution in [-0.2, 0) is 16.0 Å². The SMILES string of the molecule is COc1ccc(C(=O)NC(CCSC)C(=O)NNC(=O)Cc2c[nH]c3ccccc23)cc1. The largest absolute Gasteiger partial charge is 0.497 e. The number of carbonyl (C=O) groups excluding carboxylic acids is 3. The highest BCUT2D eigenvalue weighted by Crippen LogP contribution is 2.18. The van der Waals surface area contributed by atoms with E-state index in [0.29, 0.717) is 23.5 Å². The van der Waals surface area contributed by atoms with Crippen LogP contribution in [0.4, 0.5) is 0 Å². The van der Waals surface area contributed by atoms with Gasteiger partial charge in [-0.05, 0) is 54.3 Å². The van der Waals surface area contributed by atoms with Crippen molar-refractivity contribution < 1.29 is 19.1 Å². The average molecular weight is 455 g/mol. The van der Waals surface area contributed by atoms with Gasteiger partial charge < -0.3 is 15.0 Å². The maximum atomic E-state index is 12.7. The fourth-order valence-corrected chi connectivity index (χ4v) is 3.67. The molecule has 1 heterocycles. The zero-order valence-electron chi connectivity index (χ0n) is 17.9. The molecule has 8 nitrogen and oxygen atoms in total. The first-order valence-corrected chi connectivity index (χ1v) is 11.5. The molecular weight excluding hydrogens is 428 g/mol. The molecule has 0 radical (unpaired) electrons. The third kappa shape index (κ3) is 6.04. The number of carbonyl (C=O) groups is 3. The topological polar surface area (TPSA) is 112 Å². The standard InChI is InChI=1S/C23H26N4O4S/c1-31-17-9-7-15(8-10-17)22(29)25-20(11-12-32-2)23(30)27-26-21(28)13-16-14-24-19-6-4-3-5-18(16)19/h3-10,14,20,24H,11-13H2,1-2H3,(H,25,29)(H,26,28)(H,27,30). The second-order valence-corrected chi connectivity index (χ2v) is 8.10. The van der Waals surface area contributed by atoms with E-state index in [2.05, 4.69) is 21.2 Å². The van der Waals surface area contributed by atoms with Crippen LogP contribution in [0, 0.1) is 0 Å². The molecule has 0 saturated heterocycles. The van der Waals surface area contributed by atoms with Crippen molar-refractivity contribution in [2.24, 2.45) is 0 Å². The van der Waals surface area contributed by atoms with Gasteiger partial charge in [0.1, 0.15) is 11.8 Å². The van der Waals surface area contributed by atoms with E-state index in [-0.39, 0.29) is 18.2 Å². The molecule has 4 N–H and O–H groups in total. The minimum Gasteiger partial charge on any atom is -0.497 e. The van der Waals surface area contributed by atoms with Crippen LogP contribution in [0.3, 0.4) is 0 Å². The Labute approximate surface area is 190 Å². The lowest BCUT2D eigenvalue weighted by atomic mass is 10.1. The smallest absolute Gasteiger partial charge is 0.260 e. The molecule has 1 atom stereocenters. The first-order chi connectivity index (χ1) is 15.5. The van der Waals surface area contributed by atoms with Crippen molar-refractivity contribution in [2.45, 2.75) is 18.9 Å². The van der Waals surface area contributed by atoms with Crippen LogP contribution in [0.1, 0.15) is 22.3 Å². The van der Waals surface area contributed by atoms with Crippen molar-refractivity contribution in [3.05, 3.63) is 65.9 Å². The van der Waals surface area contributed by atoms with Crippen LogP contribution in [0.5, 0.6) is 5.75 Å². The van der Waals surface area contributed by atoms with Crippen molar-refractivity contribution in [1.29, 1.82) is 0 Å². The van der Waals surface area contributed by atoms with Crippen molar-refractivity contribution >= 4 is 40.4 Å². The van der Waals surface area contributed by atoms with Gasteiger partial charge in [-0.15, -0.1) is 0 Å². The number of amides is 3. The number of rotatable bonds is 9. The second-order valence-electron chi connectivity index (χ2n) is 7.11. The van der Waals surface area contributed by atoms with E-state index in [4.69, 9.17) is 4.74 Å². The zero-order valence-corrected chi connectivity index (χ0v) is 18.8. The highest BCUT2D eigenvalue weighted by molar-refractivity contribution is 7.98. The zero-order chi connectivity index (χ0) is 22.9. The number of ether oxygens (including phenoxy) is 1. The van der Waals surface area contributed by atoms with Crippen molar-refractivity contribution in [3.8, 4) is 5.75 Å². The number of H-pyrrole nitrogens is 1. The van der Waals surface area contributed by atoms with Gasteiger partial charge in [0.25, 0.3) is 11.8 Å². The Kier molecular flexibility index (Phi) is 8.15. The van der Waals surface area contributed by atoms with Gasteiger partial charge in [-0.1, -0.05) is 18.2 Å². The first-order valence-electron chi connectivity index (χ1n) is 10.1. The molecule has 0 aliphatic rings. The lowest BCUT2D eigenvalue weighted by Crippen LogP contribution is -2.52. The summed E-state index contributed by atoms with van der Waals surface area (Å²) in [5, 5.41) is 3.69. The Morgan fingerprint density at radius 1 is 1.06 bits per heavy atom. The number of nitrogens with one attached hydrogen (secondary N) is 4. The molecule has 0 aliphatic carbocycles. The molecule has 2 aromatic carbocycles. The average Bonchev–Trinajstić information content (AvgIpc) is 3.22. The highest BCUT2D eigenvalue weighted by Gasteiger charge is 2.22. The summed E-state index contributed by atoms with van der Waals surface area (Å²) in [6.07, 6.45) is 4.23. The van der Waals surface area contributed by atoms with Gasteiger partial charge in [0.15, 0.2) is 0 Å². The van der Waals surface area contributed by atoms with Gasteiger partial charge in [0.2, 0.25) is 5.91 Å². The molecule has 168 valence electrons. The number of para-hydroxylation sites is 1. The van der Waals surface area contributed by atoms with E-state index >= 15 is 0 Å². The predicted octanol–water partition coefficient (Wildman–Crippen LogP) is 2.42. The van der Waals surface area contributed by atoms with Crippen LogP contribution in [0.25, 0.3) is 10.9 Å². The molecule has 1 unspecified atom stereocenters. The maximum absolute atomic E-state index is 12.7. The lowest BCUT2D eigenvalue weighted by Gasteiger charge is -2.18. The number of aromatic nitrogens is 1. The summed E-state index contributed by atoms with van der Waals surface area (Å²) >= 11 is 1.56. The third-order valence-corrected chi connectivity index (χ3v) is 5.58. The fourth-order valence-electron chi connectivity index (χ4n) is 3.20. The van der Waals surface area contributed by atoms with Crippen LogP contribution >= 0.6 is 11.8 Å². The molecule has 32 heavy (non-hydrogen) atoms. The molecular formula is C23H26N4O4S. The van der Waals surface area contributed by atoms with Crippen LogP contribution in [0.15, 0.2) is 54.7 Å². The van der Waals surface area contributed by atoms with E-state index in [0.717, 1.165) is 16.5 Å². The summed E-state index contributed by atoms with van der Waals surface area (Å²) in [6, 6.07) is 13.5. The second kappa shape index (κ2) is 11.2. The van der Waals surface area contributed by atoms with Gasteiger partial charge in [-0.25, -0.2) is 0 Å².